The summed E-state index contributed by atoms with van der Waals surface area (Å²) in [6, 6.07) is 0.328. The fourth-order valence-electron chi connectivity index (χ4n) is 4.10. The largest absolute Gasteiger partial charge is 0.340 e. The number of amides is 1. The van der Waals surface area contributed by atoms with Crippen LogP contribution in [0.15, 0.2) is 5.38 Å². The Bertz CT molecular complexity index is 511. The average Bonchev–Trinajstić information content (AvgIpc) is 2.83. The fourth-order valence-corrected chi connectivity index (χ4v) is 4.71. The molecular weight excluding hydrogens is 353 g/mol. The number of fused-ring (bicyclic) bond motifs is 2. The Morgan fingerprint density at radius 3 is 2.48 bits per heavy atom. The minimum Gasteiger partial charge on any atom is -0.340 e. The monoisotopic (exact) mass is 379 g/mol. The Balaban J connectivity index is 0.00000132. The Morgan fingerprint density at radius 1 is 1.35 bits per heavy atom. The standard InChI is InChI=1S/C16H25N3OS.2ClH/c1-10-18-14(9-21-10)8-19(2)16(20)13-6-11-4-3-5-12(7-13)15(11)17;;/h9,11-13,15H,3-8,17H2,1-2H3;2*1H. The predicted molar refractivity (Wildman–Crippen MR) is 99.4 cm³/mol. The molecule has 3 rings (SSSR count). The van der Waals surface area contributed by atoms with Gasteiger partial charge in [-0.15, -0.1) is 36.2 Å². The molecule has 132 valence electrons. The van der Waals surface area contributed by atoms with E-state index in [0.717, 1.165) is 23.5 Å². The lowest BCUT2D eigenvalue weighted by Crippen LogP contribution is -2.49. The van der Waals surface area contributed by atoms with Crippen molar-refractivity contribution in [1.82, 2.24) is 9.88 Å². The van der Waals surface area contributed by atoms with Crippen LogP contribution in [0.3, 0.4) is 0 Å². The van der Waals surface area contributed by atoms with Crippen molar-refractivity contribution in [2.24, 2.45) is 23.5 Å². The summed E-state index contributed by atoms with van der Waals surface area (Å²) in [6.07, 6.45) is 5.67. The molecule has 0 saturated heterocycles. The van der Waals surface area contributed by atoms with Gasteiger partial charge in [0.2, 0.25) is 5.91 Å². The van der Waals surface area contributed by atoms with Crippen LogP contribution >= 0.6 is 36.2 Å². The van der Waals surface area contributed by atoms with Crippen LogP contribution in [-0.2, 0) is 11.3 Å². The van der Waals surface area contributed by atoms with Crippen LogP contribution in [0.1, 0.15) is 42.8 Å². The lowest BCUT2D eigenvalue weighted by Gasteiger charge is -2.44. The zero-order valence-corrected chi connectivity index (χ0v) is 16.2. The lowest BCUT2D eigenvalue weighted by molar-refractivity contribution is -0.137. The summed E-state index contributed by atoms with van der Waals surface area (Å²) in [5, 5.41) is 3.11. The maximum Gasteiger partial charge on any atom is 0.225 e. The number of aryl methyl sites for hydroxylation is 1. The SMILES string of the molecule is Cc1nc(CN(C)C(=O)C2CC3CCCC(C2)C3N)cs1.Cl.Cl. The van der Waals surface area contributed by atoms with Gasteiger partial charge in [0.1, 0.15) is 0 Å². The average molecular weight is 380 g/mol. The summed E-state index contributed by atoms with van der Waals surface area (Å²) >= 11 is 1.64. The van der Waals surface area contributed by atoms with Crippen LogP contribution in [-0.4, -0.2) is 28.9 Å². The van der Waals surface area contributed by atoms with Crippen LogP contribution < -0.4 is 5.73 Å². The molecule has 2 atom stereocenters. The second-order valence-corrected chi connectivity index (χ2v) is 7.81. The van der Waals surface area contributed by atoms with Crippen molar-refractivity contribution < 1.29 is 4.79 Å². The zero-order chi connectivity index (χ0) is 15.0. The third-order valence-electron chi connectivity index (χ3n) is 5.20. The van der Waals surface area contributed by atoms with Crippen molar-refractivity contribution in [3.05, 3.63) is 16.1 Å². The fraction of sp³-hybridized carbons (Fsp3) is 0.750. The van der Waals surface area contributed by atoms with Gasteiger partial charge in [-0.3, -0.25) is 4.79 Å². The highest BCUT2D eigenvalue weighted by Crippen LogP contribution is 2.42. The number of nitrogens with two attached hydrogens (primary N) is 1. The third-order valence-corrected chi connectivity index (χ3v) is 6.03. The van der Waals surface area contributed by atoms with Crippen LogP contribution in [0.2, 0.25) is 0 Å². The van der Waals surface area contributed by atoms with Gasteiger partial charge in [-0.05, 0) is 44.4 Å². The number of aromatic nitrogens is 1. The molecule has 2 fully saturated rings. The molecule has 0 spiro atoms. The molecule has 2 unspecified atom stereocenters. The van der Waals surface area contributed by atoms with Gasteiger partial charge in [-0.25, -0.2) is 4.98 Å². The first-order valence-corrected chi connectivity index (χ1v) is 8.84. The van der Waals surface area contributed by atoms with E-state index >= 15 is 0 Å². The van der Waals surface area contributed by atoms with Crippen molar-refractivity contribution in [3.63, 3.8) is 0 Å². The van der Waals surface area contributed by atoms with Crippen LogP contribution in [0.5, 0.6) is 0 Å². The van der Waals surface area contributed by atoms with Crippen molar-refractivity contribution in [2.75, 3.05) is 7.05 Å². The Kier molecular flexibility index (Phi) is 7.78. The van der Waals surface area contributed by atoms with Crippen molar-refractivity contribution in [3.8, 4) is 0 Å². The van der Waals surface area contributed by atoms with E-state index in [1.165, 1.54) is 19.3 Å². The maximum atomic E-state index is 12.7. The van der Waals surface area contributed by atoms with E-state index < -0.39 is 0 Å². The highest BCUT2D eigenvalue weighted by molar-refractivity contribution is 7.09. The van der Waals surface area contributed by atoms with Crippen LogP contribution in [0.4, 0.5) is 0 Å². The summed E-state index contributed by atoms with van der Waals surface area (Å²) < 4.78 is 0. The van der Waals surface area contributed by atoms with E-state index in [2.05, 4.69) is 4.98 Å². The number of halogens is 2. The number of carbonyl (C=O) groups is 1. The Morgan fingerprint density at radius 2 is 1.96 bits per heavy atom. The smallest absolute Gasteiger partial charge is 0.225 e. The summed E-state index contributed by atoms with van der Waals surface area (Å²) in [5.74, 6) is 1.57. The van der Waals surface area contributed by atoms with E-state index in [-0.39, 0.29) is 36.6 Å². The van der Waals surface area contributed by atoms with Gasteiger partial charge in [0.05, 0.1) is 17.2 Å². The van der Waals surface area contributed by atoms with Crippen LogP contribution in [0.25, 0.3) is 0 Å². The maximum absolute atomic E-state index is 12.7. The molecular formula is C16H27Cl2N3OS. The normalized spacial score (nSPS) is 29.2. The molecule has 23 heavy (non-hydrogen) atoms. The van der Waals surface area contributed by atoms with E-state index in [9.17, 15) is 4.79 Å². The zero-order valence-electron chi connectivity index (χ0n) is 13.7. The van der Waals surface area contributed by atoms with Gasteiger partial charge >= 0.3 is 0 Å². The first-order valence-electron chi connectivity index (χ1n) is 7.96. The van der Waals surface area contributed by atoms with E-state index in [1.54, 1.807) is 11.3 Å². The van der Waals surface area contributed by atoms with Crippen molar-refractivity contribution >= 4 is 42.1 Å². The first kappa shape index (κ1) is 20.7. The number of hydrogen-bond donors (Lipinski definition) is 1. The molecule has 1 aromatic heterocycles. The molecule has 2 N–H and O–H groups in total. The van der Waals surface area contributed by atoms with E-state index in [4.69, 9.17) is 5.73 Å². The molecule has 2 saturated carbocycles. The number of hydrogen-bond acceptors (Lipinski definition) is 4. The molecule has 1 amide bonds. The van der Waals surface area contributed by atoms with E-state index in [0.29, 0.717) is 24.4 Å². The number of rotatable bonds is 3. The van der Waals surface area contributed by atoms with Gasteiger partial charge in [-0.1, -0.05) is 6.42 Å². The highest BCUT2D eigenvalue weighted by Gasteiger charge is 2.41. The Hall–Kier alpha value is -0.360. The second-order valence-electron chi connectivity index (χ2n) is 6.75. The minimum atomic E-state index is 0. The van der Waals surface area contributed by atoms with Gasteiger partial charge in [0.25, 0.3) is 0 Å². The molecule has 1 heterocycles. The molecule has 2 aliphatic rings. The first-order chi connectivity index (χ1) is 10.0. The summed E-state index contributed by atoms with van der Waals surface area (Å²) in [4.78, 5) is 19.0. The molecule has 0 radical (unpaired) electrons. The van der Waals surface area contributed by atoms with Crippen molar-refractivity contribution in [2.45, 2.75) is 51.6 Å². The number of thiazole rings is 1. The minimum absolute atomic E-state index is 0. The highest BCUT2D eigenvalue weighted by atomic mass is 35.5. The molecule has 2 bridgehead atoms. The van der Waals surface area contributed by atoms with Gasteiger partial charge in [-0.2, -0.15) is 0 Å². The van der Waals surface area contributed by atoms with Crippen LogP contribution in [0, 0.1) is 24.7 Å². The number of carbonyl (C=O) groups excluding carboxylic acids is 1. The third kappa shape index (κ3) is 4.59. The van der Waals surface area contributed by atoms with E-state index in [1.807, 2.05) is 24.3 Å². The molecule has 7 heteroatoms. The lowest BCUT2D eigenvalue weighted by atomic mass is 9.65. The van der Waals surface area contributed by atoms with Gasteiger partial charge < -0.3 is 10.6 Å². The van der Waals surface area contributed by atoms with Crippen molar-refractivity contribution in [1.29, 1.82) is 0 Å². The summed E-state index contributed by atoms with van der Waals surface area (Å²) in [6.45, 7) is 2.63. The topological polar surface area (TPSA) is 59.2 Å². The quantitative estimate of drug-likeness (QED) is 0.874. The summed E-state index contributed by atoms with van der Waals surface area (Å²) in [5.41, 5.74) is 7.32. The molecule has 2 aliphatic carbocycles. The molecule has 0 aliphatic heterocycles. The Labute approximate surface area is 155 Å². The van der Waals surface area contributed by atoms with Gasteiger partial charge in [0, 0.05) is 24.4 Å². The predicted octanol–water partition coefficient (Wildman–Crippen LogP) is 3.41. The molecule has 0 aromatic carbocycles. The molecule has 1 aromatic rings. The summed E-state index contributed by atoms with van der Waals surface area (Å²) in [7, 11) is 1.90. The second kappa shape index (κ2) is 8.65. The van der Waals surface area contributed by atoms with Gasteiger partial charge in [0.15, 0.2) is 0 Å². The molecule has 4 nitrogen and oxygen atoms in total. The number of nitrogens with zero attached hydrogens (tertiary/aromatic N) is 2.